The first-order valence-corrected chi connectivity index (χ1v) is 15.8. The van der Waals surface area contributed by atoms with Gasteiger partial charge in [-0.3, -0.25) is 14.4 Å². The molecule has 11 N–H and O–H groups in total. The van der Waals surface area contributed by atoms with Gasteiger partial charge < -0.3 is 66.3 Å². The summed E-state index contributed by atoms with van der Waals surface area (Å²) in [6, 6.07) is 4.00. The van der Waals surface area contributed by atoms with Gasteiger partial charge in [-0.05, 0) is 18.2 Å². The number of hydrogen-bond acceptors (Lipinski definition) is 17. The van der Waals surface area contributed by atoms with Gasteiger partial charge in [-0.1, -0.05) is 17.4 Å². The predicted octanol–water partition coefficient (Wildman–Crippen LogP) is -4.98. The third-order valence-electron chi connectivity index (χ3n) is 8.29. The lowest BCUT2D eigenvalue weighted by Crippen LogP contribution is -2.56. The zero-order valence-corrected chi connectivity index (χ0v) is 27.0. The Hall–Kier alpha value is -4.49. The fraction of sp³-hybridized carbons (Fsp3) is 0.552. The molecule has 0 bridgehead atoms. The van der Waals surface area contributed by atoms with Crippen molar-refractivity contribution in [1.29, 1.82) is 0 Å². The zero-order chi connectivity index (χ0) is 37.0. The van der Waals surface area contributed by atoms with Crippen molar-refractivity contribution >= 4 is 23.4 Å². The maximum atomic E-state index is 13.2. The fourth-order valence-electron chi connectivity index (χ4n) is 5.40. The average Bonchev–Trinajstić information content (AvgIpc) is 3.81. The number of nitrogens with one attached hydrogen (secondary N) is 3. The van der Waals surface area contributed by atoms with E-state index in [0.29, 0.717) is 0 Å². The number of nitrogens with zero attached hydrogens (tertiary/aromatic N) is 6. The molecular formula is C29H39N9O13. The van der Waals surface area contributed by atoms with Crippen LogP contribution in [0.1, 0.15) is 57.9 Å². The molecule has 0 radical (unpaired) electrons. The van der Waals surface area contributed by atoms with Gasteiger partial charge in [-0.15, -0.1) is 10.2 Å². The topological polar surface area (TPSA) is 329 Å². The number of rotatable bonds is 12. The minimum atomic E-state index is -1.63. The Morgan fingerprint density at radius 1 is 0.686 bits per heavy atom. The number of aliphatic hydroxyl groups is 8. The average molecular weight is 722 g/mol. The lowest BCUT2D eigenvalue weighted by molar-refractivity contribution is -0.254. The zero-order valence-electron chi connectivity index (χ0n) is 27.0. The highest BCUT2D eigenvalue weighted by Gasteiger charge is 2.46. The summed E-state index contributed by atoms with van der Waals surface area (Å²) in [7, 11) is 0. The molecular weight excluding hydrogens is 682 g/mol. The second kappa shape index (κ2) is 16.2. The number of aromatic nitrogens is 6. The van der Waals surface area contributed by atoms with Crippen LogP contribution in [0.15, 0.2) is 30.6 Å². The molecule has 2 saturated heterocycles. The van der Waals surface area contributed by atoms with E-state index in [1.54, 1.807) is 6.92 Å². The molecule has 1 aromatic carbocycles. The fourth-order valence-corrected chi connectivity index (χ4v) is 5.40. The molecule has 4 heterocycles. The lowest BCUT2D eigenvalue weighted by Gasteiger charge is -2.39. The summed E-state index contributed by atoms with van der Waals surface area (Å²) in [4.78, 5) is 38.5. The minimum absolute atomic E-state index is 0.0102. The van der Waals surface area contributed by atoms with Crippen LogP contribution in [0.3, 0.4) is 0 Å². The third kappa shape index (κ3) is 8.36. The maximum absolute atomic E-state index is 13.2. The van der Waals surface area contributed by atoms with E-state index < -0.39 is 86.3 Å². The summed E-state index contributed by atoms with van der Waals surface area (Å²) in [5.41, 5.74) is 0.533. The Bertz CT molecular complexity index is 1580. The maximum Gasteiger partial charge on any atom is 0.251 e. The van der Waals surface area contributed by atoms with E-state index in [1.165, 1.54) is 30.6 Å². The van der Waals surface area contributed by atoms with Crippen molar-refractivity contribution in [3.05, 3.63) is 53.1 Å². The monoisotopic (exact) mass is 721 g/mol. The smallest absolute Gasteiger partial charge is 0.251 e. The molecule has 0 saturated carbocycles. The Labute approximate surface area is 288 Å². The van der Waals surface area contributed by atoms with E-state index in [9.17, 15) is 55.2 Å². The highest BCUT2D eigenvalue weighted by Crippen LogP contribution is 2.29. The van der Waals surface area contributed by atoms with Crippen LogP contribution in [0.5, 0.6) is 0 Å². The van der Waals surface area contributed by atoms with E-state index in [1.807, 2.05) is 0 Å². The normalized spacial score (nSPS) is 29.4. The molecule has 278 valence electrons. The molecule has 0 spiro atoms. The Balaban J connectivity index is 1.24. The molecule has 10 atom stereocenters. The number of ether oxygens (including phenoxy) is 2. The number of benzene rings is 1. The Morgan fingerprint density at radius 2 is 1.12 bits per heavy atom. The van der Waals surface area contributed by atoms with Crippen LogP contribution in [-0.4, -0.2) is 151 Å². The number of hydrogen-bond donors (Lipinski definition) is 11. The van der Waals surface area contributed by atoms with Crippen LogP contribution in [0, 0.1) is 0 Å². The van der Waals surface area contributed by atoms with Crippen molar-refractivity contribution in [2.45, 2.75) is 87.7 Å². The first-order valence-electron chi connectivity index (χ1n) is 15.8. The van der Waals surface area contributed by atoms with Gasteiger partial charge in [0.05, 0.1) is 38.7 Å². The van der Waals surface area contributed by atoms with Crippen LogP contribution >= 0.6 is 0 Å². The van der Waals surface area contributed by atoms with Gasteiger partial charge in [0, 0.05) is 23.2 Å². The standard InChI is InChI=1S/C29H39N9O13/c1-2-19(41)32-14-4-12(26(48)30-6-15-8-37(35-33-15)28-24(46)22(44)20(42)17(10-39)50-28)3-13(5-14)27(49)31-7-16-9-38(36-34-16)29-25(47)23(45)21(43)18(11-40)51-29/h3-5,8-9,17-18,20-25,28-29,39-40,42-47H,2,6-7,10-11H2,1H3,(H,30,48)(H,31,49)(H,32,41)/t17-,18-,20-,21-,22+,23+,24+,25+,28+,29+/m1/s1. The first-order chi connectivity index (χ1) is 24.3. The largest absolute Gasteiger partial charge is 0.394 e. The van der Waals surface area contributed by atoms with Gasteiger partial charge in [0.2, 0.25) is 5.91 Å². The van der Waals surface area contributed by atoms with Crippen LogP contribution in [0.25, 0.3) is 0 Å². The van der Waals surface area contributed by atoms with Crippen LogP contribution in [-0.2, 0) is 27.4 Å². The molecule has 22 heteroatoms. The Kier molecular flexibility index (Phi) is 12.0. The number of amides is 3. The molecule has 2 aromatic heterocycles. The molecule has 2 fully saturated rings. The highest BCUT2D eigenvalue weighted by atomic mass is 16.6. The molecule has 22 nitrogen and oxygen atoms in total. The number of aliphatic hydroxyl groups excluding tert-OH is 8. The molecule has 3 aromatic rings. The summed E-state index contributed by atoms with van der Waals surface area (Å²) < 4.78 is 13.0. The molecule has 0 unspecified atom stereocenters. The van der Waals surface area contributed by atoms with Crippen LogP contribution in [0.2, 0.25) is 0 Å². The lowest BCUT2D eigenvalue weighted by atomic mass is 9.98. The van der Waals surface area contributed by atoms with Crippen molar-refractivity contribution in [2.75, 3.05) is 18.5 Å². The summed E-state index contributed by atoms with van der Waals surface area (Å²) in [6.07, 6.45) is -11.8. The quantitative estimate of drug-likeness (QED) is 0.0834. The van der Waals surface area contributed by atoms with Crippen molar-refractivity contribution in [2.24, 2.45) is 0 Å². The van der Waals surface area contributed by atoms with E-state index in [4.69, 9.17) is 9.47 Å². The predicted molar refractivity (Wildman–Crippen MR) is 166 cm³/mol. The minimum Gasteiger partial charge on any atom is -0.394 e. The summed E-state index contributed by atoms with van der Waals surface area (Å²) in [5.74, 6) is -1.71. The number of anilines is 1. The number of carbonyl (C=O) groups excluding carboxylic acids is 3. The summed E-state index contributed by atoms with van der Waals surface area (Å²) in [5, 5.41) is 103. The molecule has 2 aliphatic heterocycles. The SMILES string of the molecule is CCC(=O)Nc1cc(C(=O)NCc2cn([C@H]3O[C@H](CO)[C@@H](O)[C@H](O)[C@@H]3O)nn2)cc(C(=O)NCc2cn([C@H]3O[C@H](CO)[C@@H](O)[C@H](O)[C@@H]3O)nn2)c1. The summed E-state index contributed by atoms with van der Waals surface area (Å²) in [6.45, 7) is -0.0248. The molecule has 0 aliphatic carbocycles. The van der Waals surface area contributed by atoms with E-state index in [2.05, 4.69) is 36.6 Å². The Morgan fingerprint density at radius 3 is 1.51 bits per heavy atom. The van der Waals surface area contributed by atoms with Gasteiger partial charge in [0.15, 0.2) is 12.5 Å². The molecule has 3 amide bonds. The first kappa shape index (κ1) is 37.8. The van der Waals surface area contributed by atoms with Crippen molar-refractivity contribution < 1.29 is 64.7 Å². The number of carbonyl (C=O) groups is 3. The highest BCUT2D eigenvalue weighted by molar-refractivity contribution is 6.02. The van der Waals surface area contributed by atoms with Gasteiger partial charge >= 0.3 is 0 Å². The van der Waals surface area contributed by atoms with Crippen molar-refractivity contribution in [3.63, 3.8) is 0 Å². The van der Waals surface area contributed by atoms with Crippen molar-refractivity contribution in [1.82, 2.24) is 40.6 Å². The van der Waals surface area contributed by atoms with E-state index in [-0.39, 0.29) is 53.6 Å². The molecule has 5 rings (SSSR count). The second-order valence-corrected chi connectivity index (χ2v) is 11.9. The van der Waals surface area contributed by atoms with Gasteiger partial charge in [0.25, 0.3) is 11.8 Å². The van der Waals surface area contributed by atoms with Crippen molar-refractivity contribution in [3.8, 4) is 0 Å². The van der Waals surface area contributed by atoms with Gasteiger partial charge in [-0.2, -0.15) is 0 Å². The van der Waals surface area contributed by atoms with E-state index >= 15 is 0 Å². The molecule has 2 aliphatic rings. The molecule has 51 heavy (non-hydrogen) atoms. The summed E-state index contributed by atoms with van der Waals surface area (Å²) >= 11 is 0. The van der Waals surface area contributed by atoms with Crippen LogP contribution in [0.4, 0.5) is 5.69 Å². The van der Waals surface area contributed by atoms with Gasteiger partial charge in [0.1, 0.15) is 60.2 Å². The van der Waals surface area contributed by atoms with Crippen LogP contribution < -0.4 is 16.0 Å². The van der Waals surface area contributed by atoms with E-state index in [0.717, 1.165) is 9.36 Å². The third-order valence-corrected chi connectivity index (χ3v) is 8.29. The van der Waals surface area contributed by atoms with Gasteiger partial charge in [-0.25, -0.2) is 9.36 Å². The second-order valence-electron chi connectivity index (χ2n) is 11.9.